The molecule has 12 heterocycles. The minimum atomic E-state index is -0.622. The summed E-state index contributed by atoms with van der Waals surface area (Å²) in [4.78, 5) is 41.2. The molecule has 1 unspecified atom stereocenters. The molecule has 1 fully saturated rings. The van der Waals surface area contributed by atoms with Crippen molar-refractivity contribution in [3.8, 4) is 56.5 Å². The Labute approximate surface area is 371 Å². The lowest BCUT2D eigenvalue weighted by Crippen LogP contribution is -2.15. The number of fused-ring (bicyclic) bond motifs is 5. The first kappa shape index (κ1) is 37.5. The summed E-state index contributed by atoms with van der Waals surface area (Å²) in [5.74, 6) is 0.00819. The zero-order valence-electron chi connectivity index (χ0n) is 34.8. The number of furan rings is 2. The van der Waals surface area contributed by atoms with Crippen LogP contribution in [0, 0.1) is 11.6 Å². The standard InChI is InChI=1S/C48H32F2N14O2/c1-64(2)26-8-4-3-6-22(12-26)38-36(49)33-29(19-54-38)55-47-44(61-47)34(33)46-56-30-17-53-16-28(41(30)59-46)25-13-32(66-21-25)42-43-35(37(50)39(58-42)23-7-5-10-51-14-23)45(63-62-43)48-57-31-18-52-15-27(40(31)60-48)24-9-11-65-20-24/h4-21,47,55,61H,3H2,1-2H3,(H,56,59)(H,57,60)(H,62,63). The molecule has 13 rings (SSSR count). The number of rotatable bonds is 8. The van der Waals surface area contributed by atoms with Crippen molar-refractivity contribution < 1.29 is 17.6 Å². The van der Waals surface area contributed by atoms with Crippen LogP contribution >= 0.6 is 0 Å². The Kier molecular flexibility index (Phi) is 8.08. The largest absolute Gasteiger partial charge is 0.472 e. The fourth-order valence-corrected chi connectivity index (χ4v) is 8.75. The molecule has 16 nitrogen and oxygen atoms in total. The zero-order valence-corrected chi connectivity index (χ0v) is 34.8. The van der Waals surface area contributed by atoms with Crippen molar-refractivity contribution in [2.24, 2.45) is 0 Å². The molecule has 1 atom stereocenters. The minimum absolute atomic E-state index is 0.0410. The van der Waals surface area contributed by atoms with Crippen molar-refractivity contribution in [1.82, 2.24) is 65.3 Å². The molecule has 5 N–H and O–H groups in total. The first-order valence-electron chi connectivity index (χ1n) is 20.9. The number of imidazole rings is 2. The summed E-state index contributed by atoms with van der Waals surface area (Å²) in [6.45, 7) is 0. The predicted molar refractivity (Wildman–Crippen MR) is 243 cm³/mol. The highest BCUT2D eigenvalue weighted by molar-refractivity contribution is 6.03. The van der Waals surface area contributed by atoms with E-state index in [2.05, 4.69) is 50.7 Å². The first-order valence-corrected chi connectivity index (χ1v) is 20.9. The van der Waals surface area contributed by atoms with Crippen molar-refractivity contribution in [2.45, 2.75) is 12.6 Å². The third-order valence-corrected chi connectivity index (χ3v) is 12.0. The summed E-state index contributed by atoms with van der Waals surface area (Å²) >= 11 is 0. The second kappa shape index (κ2) is 14.2. The second-order valence-electron chi connectivity index (χ2n) is 16.2. The maximum Gasteiger partial charge on any atom is 0.161 e. The van der Waals surface area contributed by atoms with Gasteiger partial charge in [-0.25, -0.2) is 23.7 Å². The number of anilines is 1. The molecule has 2 aliphatic heterocycles. The maximum atomic E-state index is 17.0. The molecule has 1 aliphatic carbocycles. The van der Waals surface area contributed by atoms with Crippen LogP contribution in [0.1, 0.15) is 23.5 Å². The van der Waals surface area contributed by atoms with Crippen LogP contribution in [0.4, 0.5) is 14.5 Å². The van der Waals surface area contributed by atoms with Crippen LogP contribution in [0.2, 0.25) is 0 Å². The lowest BCUT2D eigenvalue weighted by molar-refractivity contribution is 0.530. The van der Waals surface area contributed by atoms with Gasteiger partial charge in [-0.1, -0.05) is 12.2 Å². The third-order valence-electron chi connectivity index (χ3n) is 12.0. The fourth-order valence-electron chi connectivity index (χ4n) is 8.75. The number of aromatic nitrogens is 11. The van der Waals surface area contributed by atoms with E-state index in [1.165, 1.54) is 0 Å². The summed E-state index contributed by atoms with van der Waals surface area (Å²) in [6.07, 6.45) is 24.7. The van der Waals surface area contributed by atoms with Crippen LogP contribution in [0.15, 0.2) is 131 Å². The lowest BCUT2D eigenvalue weighted by atomic mass is 9.97. The molecule has 0 amide bonds. The van der Waals surface area contributed by atoms with Crippen LogP contribution in [-0.2, 0) is 0 Å². The molecule has 1 saturated heterocycles. The lowest BCUT2D eigenvalue weighted by Gasteiger charge is -2.19. The van der Waals surface area contributed by atoms with Gasteiger partial charge in [-0.15, -0.1) is 0 Å². The van der Waals surface area contributed by atoms with E-state index < -0.39 is 11.6 Å². The van der Waals surface area contributed by atoms with E-state index in [0.717, 1.165) is 22.5 Å². The van der Waals surface area contributed by atoms with Gasteiger partial charge in [-0.2, -0.15) is 5.10 Å². The molecular weight excluding hydrogens is 843 g/mol. The molecule has 0 spiro atoms. The molecule has 10 aromatic heterocycles. The molecule has 320 valence electrons. The van der Waals surface area contributed by atoms with Crippen molar-refractivity contribution in [3.63, 3.8) is 0 Å². The summed E-state index contributed by atoms with van der Waals surface area (Å²) in [5.41, 5.74) is 10.7. The van der Waals surface area contributed by atoms with Crippen molar-refractivity contribution in [1.29, 1.82) is 0 Å². The Morgan fingerprint density at radius 1 is 0.773 bits per heavy atom. The van der Waals surface area contributed by atoms with Gasteiger partial charge in [0.25, 0.3) is 0 Å². The summed E-state index contributed by atoms with van der Waals surface area (Å²) in [6, 6.07) is 7.06. The highest BCUT2D eigenvalue weighted by Gasteiger charge is 2.42. The van der Waals surface area contributed by atoms with Crippen LogP contribution < -0.4 is 10.6 Å². The molecular formula is C48H32F2N14O2. The number of hydrogen-bond donors (Lipinski definition) is 5. The Morgan fingerprint density at radius 2 is 1.59 bits per heavy atom. The summed E-state index contributed by atoms with van der Waals surface area (Å²) < 4.78 is 45.6. The minimum Gasteiger partial charge on any atom is -0.472 e. The van der Waals surface area contributed by atoms with E-state index >= 15 is 8.78 Å². The number of nitrogens with zero attached hydrogens (tertiary/aromatic N) is 9. The highest BCUT2D eigenvalue weighted by Crippen LogP contribution is 2.45. The van der Waals surface area contributed by atoms with Crippen molar-refractivity contribution >= 4 is 49.8 Å². The monoisotopic (exact) mass is 874 g/mol. The number of H-pyrrole nitrogens is 3. The van der Waals surface area contributed by atoms with E-state index in [1.807, 2.05) is 49.4 Å². The van der Waals surface area contributed by atoms with Crippen molar-refractivity contribution in [2.75, 3.05) is 19.4 Å². The first-order chi connectivity index (χ1) is 32.4. The Balaban J connectivity index is 0.915. The summed E-state index contributed by atoms with van der Waals surface area (Å²) in [7, 11) is 3.90. The third kappa shape index (κ3) is 5.81. The predicted octanol–water partition coefficient (Wildman–Crippen LogP) is 8.99. The number of pyridine rings is 5. The van der Waals surface area contributed by atoms with E-state index in [-0.39, 0.29) is 34.2 Å². The van der Waals surface area contributed by atoms with Crippen LogP contribution in [0.5, 0.6) is 0 Å². The van der Waals surface area contributed by atoms with E-state index in [0.29, 0.717) is 90.7 Å². The second-order valence-corrected chi connectivity index (χ2v) is 16.2. The molecule has 3 aliphatic rings. The fraction of sp³-hybridized carbons (Fsp3) is 0.0833. The molecule has 0 aromatic carbocycles. The van der Waals surface area contributed by atoms with Gasteiger partial charge >= 0.3 is 0 Å². The van der Waals surface area contributed by atoms with E-state index in [4.69, 9.17) is 23.8 Å². The number of likely N-dealkylation sites (N-methyl/N-ethyl adjacent to an activating group) is 1. The number of nitrogens with one attached hydrogen (secondary N) is 5. The average Bonchev–Trinajstić information content (AvgIpc) is 3.97. The molecule has 0 saturated carbocycles. The topological polar surface area (TPSA) is 214 Å². The molecule has 10 aromatic rings. The van der Waals surface area contributed by atoms with E-state index in [1.54, 1.807) is 80.4 Å². The maximum absolute atomic E-state index is 17.0. The smallest absolute Gasteiger partial charge is 0.161 e. The Hall–Kier alpha value is -9.06. The SMILES string of the molecule is CN(C)C1=CC(c2ncc3c(c2F)C(c2nc4c(-c5coc(-c6nc(-c7cccnc7)c(F)c7c(-c8nc9c(-c%10ccoc%10)cncc9[nH]8)n[nH]c67)c5)cncc4[nH]2)=C2NC2N3)=CCC=C1. The van der Waals surface area contributed by atoms with E-state index in [9.17, 15) is 0 Å². The van der Waals surface area contributed by atoms with Gasteiger partial charge in [0.05, 0.1) is 81.8 Å². The van der Waals surface area contributed by atoms with Gasteiger partial charge in [-0.05, 0) is 42.8 Å². The van der Waals surface area contributed by atoms with Gasteiger partial charge in [-0.3, -0.25) is 25.0 Å². The number of halogens is 2. The Morgan fingerprint density at radius 3 is 2.38 bits per heavy atom. The number of allylic oxidation sites excluding steroid dienone is 5. The number of hydrogen-bond acceptors (Lipinski definition) is 13. The normalized spacial score (nSPS) is 15.4. The molecule has 0 bridgehead atoms. The Bertz CT molecular complexity index is 3760. The van der Waals surface area contributed by atoms with Gasteiger partial charge in [0.2, 0.25) is 0 Å². The summed E-state index contributed by atoms with van der Waals surface area (Å²) in [5, 5.41) is 14.4. The van der Waals surface area contributed by atoms with Crippen LogP contribution in [0.3, 0.4) is 0 Å². The van der Waals surface area contributed by atoms with Gasteiger partial charge in [0, 0.05) is 78.0 Å². The molecule has 0 radical (unpaired) electrons. The highest BCUT2D eigenvalue weighted by atomic mass is 19.1. The zero-order chi connectivity index (χ0) is 44.2. The van der Waals surface area contributed by atoms with Gasteiger partial charge < -0.3 is 34.3 Å². The number of aromatic amines is 3. The van der Waals surface area contributed by atoms with Gasteiger partial charge in [0.1, 0.15) is 45.8 Å². The van der Waals surface area contributed by atoms with Crippen LogP contribution in [0.25, 0.3) is 101 Å². The van der Waals surface area contributed by atoms with Crippen LogP contribution in [-0.4, -0.2) is 80.2 Å². The van der Waals surface area contributed by atoms with Crippen molar-refractivity contribution in [3.05, 3.63) is 151 Å². The average molecular weight is 875 g/mol. The quantitative estimate of drug-likeness (QED) is 0.0903. The molecule has 18 heteroatoms. The molecule has 66 heavy (non-hydrogen) atoms. The van der Waals surface area contributed by atoms with Gasteiger partial charge in [0.15, 0.2) is 23.2 Å².